The second kappa shape index (κ2) is 13.8. The summed E-state index contributed by atoms with van der Waals surface area (Å²) in [5.74, 6) is -0.235. The molecule has 5 heteroatoms. The van der Waals surface area contributed by atoms with E-state index in [0.717, 1.165) is 36.1 Å². The SMILES string of the molecule is CC(=O)OCOC(=O)C(CCCc1ccccc1)CCc1ccc(OCc2ccccc2)cc1. The van der Waals surface area contributed by atoms with E-state index in [4.69, 9.17) is 14.2 Å². The molecule has 0 N–H and O–H groups in total. The van der Waals surface area contributed by atoms with Crippen molar-refractivity contribution in [3.05, 3.63) is 102 Å². The number of esters is 2. The number of hydrogen-bond acceptors (Lipinski definition) is 5. The molecule has 178 valence electrons. The van der Waals surface area contributed by atoms with Crippen LogP contribution in [0.2, 0.25) is 0 Å². The smallest absolute Gasteiger partial charge is 0.311 e. The van der Waals surface area contributed by atoms with Crippen LogP contribution >= 0.6 is 0 Å². The van der Waals surface area contributed by atoms with Crippen LogP contribution in [0.15, 0.2) is 84.9 Å². The van der Waals surface area contributed by atoms with E-state index in [1.165, 1.54) is 12.5 Å². The lowest BCUT2D eigenvalue weighted by Gasteiger charge is -2.16. The predicted octanol–water partition coefficient (Wildman–Crippen LogP) is 5.90. The summed E-state index contributed by atoms with van der Waals surface area (Å²) in [6, 6.07) is 28.3. The molecule has 3 aromatic rings. The van der Waals surface area contributed by atoms with Gasteiger partial charge in [-0.05, 0) is 60.9 Å². The van der Waals surface area contributed by atoms with Crippen LogP contribution in [0.25, 0.3) is 0 Å². The zero-order valence-corrected chi connectivity index (χ0v) is 19.7. The number of rotatable bonds is 13. The van der Waals surface area contributed by atoms with Gasteiger partial charge in [0.05, 0.1) is 5.92 Å². The number of benzene rings is 3. The lowest BCUT2D eigenvalue weighted by atomic mass is 9.93. The molecule has 5 nitrogen and oxygen atoms in total. The maximum atomic E-state index is 12.6. The summed E-state index contributed by atoms with van der Waals surface area (Å²) in [4.78, 5) is 23.6. The van der Waals surface area contributed by atoms with Crippen LogP contribution in [-0.2, 0) is 38.5 Å². The number of aryl methyl sites for hydroxylation is 2. The summed E-state index contributed by atoms with van der Waals surface area (Å²) in [5, 5.41) is 0. The average Bonchev–Trinajstić information content (AvgIpc) is 2.86. The highest BCUT2D eigenvalue weighted by atomic mass is 16.7. The first kappa shape index (κ1) is 25.0. The van der Waals surface area contributed by atoms with Gasteiger partial charge in [0, 0.05) is 6.92 Å². The van der Waals surface area contributed by atoms with Gasteiger partial charge in [-0.2, -0.15) is 0 Å². The second-order valence-electron chi connectivity index (χ2n) is 8.25. The molecule has 0 spiro atoms. The molecule has 0 amide bonds. The lowest BCUT2D eigenvalue weighted by Crippen LogP contribution is -2.21. The van der Waals surface area contributed by atoms with Crippen molar-refractivity contribution in [3.8, 4) is 5.75 Å². The predicted molar refractivity (Wildman–Crippen MR) is 131 cm³/mol. The van der Waals surface area contributed by atoms with Gasteiger partial charge in [-0.25, -0.2) is 0 Å². The Bertz CT molecular complexity index is 1000. The van der Waals surface area contributed by atoms with Crippen molar-refractivity contribution >= 4 is 11.9 Å². The highest BCUT2D eigenvalue weighted by Gasteiger charge is 2.20. The maximum absolute atomic E-state index is 12.6. The third-order valence-corrected chi connectivity index (χ3v) is 5.61. The largest absolute Gasteiger partial charge is 0.489 e. The molecule has 0 aliphatic carbocycles. The molecule has 34 heavy (non-hydrogen) atoms. The minimum atomic E-state index is -0.469. The summed E-state index contributed by atoms with van der Waals surface area (Å²) in [6.45, 7) is 1.48. The summed E-state index contributed by atoms with van der Waals surface area (Å²) in [5.41, 5.74) is 3.51. The lowest BCUT2D eigenvalue weighted by molar-refractivity contribution is -0.169. The Morgan fingerprint density at radius 1 is 0.706 bits per heavy atom. The van der Waals surface area contributed by atoms with Crippen LogP contribution in [0, 0.1) is 5.92 Å². The van der Waals surface area contributed by atoms with E-state index in [0.29, 0.717) is 19.4 Å². The Hall–Kier alpha value is -3.60. The fourth-order valence-corrected chi connectivity index (χ4v) is 3.70. The zero-order valence-electron chi connectivity index (χ0n) is 19.7. The molecule has 0 heterocycles. The van der Waals surface area contributed by atoms with Gasteiger partial charge in [0.1, 0.15) is 12.4 Å². The van der Waals surface area contributed by atoms with Crippen molar-refractivity contribution < 1.29 is 23.8 Å². The van der Waals surface area contributed by atoms with Crippen molar-refractivity contribution in [3.63, 3.8) is 0 Å². The van der Waals surface area contributed by atoms with Crippen LogP contribution in [0.1, 0.15) is 42.9 Å². The summed E-state index contributed by atoms with van der Waals surface area (Å²) >= 11 is 0. The average molecular weight is 461 g/mol. The van der Waals surface area contributed by atoms with Crippen LogP contribution in [0.4, 0.5) is 0 Å². The highest BCUT2D eigenvalue weighted by Crippen LogP contribution is 2.21. The molecular weight excluding hydrogens is 428 g/mol. The first-order valence-electron chi connectivity index (χ1n) is 11.7. The fraction of sp³-hybridized carbons (Fsp3) is 0.310. The monoisotopic (exact) mass is 460 g/mol. The number of carbonyl (C=O) groups excluding carboxylic acids is 2. The van der Waals surface area contributed by atoms with Crippen LogP contribution in [0.5, 0.6) is 5.75 Å². The van der Waals surface area contributed by atoms with Gasteiger partial charge < -0.3 is 14.2 Å². The Morgan fingerprint density at radius 3 is 1.97 bits per heavy atom. The third kappa shape index (κ3) is 9.10. The van der Waals surface area contributed by atoms with Crippen molar-refractivity contribution in [2.45, 2.75) is 45.6 Å². The molecule has 0 aliphatic rings. The van der Waals surface area contributed by atoms with Crippen LogP contribution < -0.4 is 4.74 Å². The van der Waals surface area contributed by atoms with Crippen molar-refractivity contribution in [1.82, 2.24) is 0 Å². The molecule has 1 unspecified atom stereocenters. The Morgan fingerprint density at radius 2 is 1.32 bits per heavy atom. The molecule has 3 rings (SSSR count). The van der Waals surface area contributed by atoms with E-state index < -0.39 is 5.97 Å². The maximum Gasteiger partial charge on any atom is 0.311 e. The van der Waals surface area contributed by atoms with Crippen molar-refractivity contribution in [1.29, 1.82) is 0 Å². The van der Waals surface area contributed by atoms with Crippen LogP contribution in [0.3, 0.4) is 0 Å². The number of carbonyl (C=O) groups is 2. The Labute approximate surface area is 201 Å². The van der Waals surface area contributed by atoms with Gasteiger partial charge in [0.2, 0.25) is 6.79 Å². The number of hydrogen-bond donors (Lipinski definition) is 0. The van der Waals surface area contributed by atoms with Crippen molar-refractivity contribution in [2.24, 2.45) is 5.92 Å². The summed E-state index contributed by atoms with van der Waals surface area (Å²) in [7, 11) is 0. The Kier molecular flexibility index (Phi) is 10.2. The van der Waals surface area contributed by atoms with Gasteiger partial charge in [-0.15, -0.1) is 0 Å². The van der Waals surface area contributed by atoms with Gasteiger partial charge in [0.15, 0.2) is 0 Å². The second-order valence-corrected chi connectivity index (χ2v) is 8.25. The van der Waals surface area contributed by atoms with Crippen molar-refractivity contribution in [2.75, 3.05) is 6.79 Å². The Balaban J connectivity index is 1.50. The highest BCUT2D eigenvalue weighted by molar-refractivity contribution is 5.72. The fourth-order valence-electron chi connectivity index (χ4n) is 3.70. The van der Waals surface area contributed by atoms with Gasteiger partial charge >= 0.3 is 11.9 Å². The van der Waals surface area contributed by atoms with E-state index in [1.54, 1.807) is 0 Å². The van der Waals surface area contributed by atoms with E-state index in [-0.39, 0.29) is 18.7 Å². The summed E-state index contributed by atoms with van der Waals surface area (Å²) < 4.78 is 15.8. The normalized spacial score (nSPS) is 11.4. The quantitative estimate of drug-likeness (QED) is 0.235. The standard InChI is InChI=1S/C29H32O5/c1-23(30)33-22-34-29(31)27(14-8-13-24-9-4-2-5-10-24)18-15-25-16-19-28(20-17-25)32-21-26-11-6-3-7-12-26/h2-7,9-12,16-17,19-20,27H,8,13-15,18,21-22H2,1H3. The molecule has 0 bridgehead atoms. The van der Waals surface area contributed by atoms with E-state index in [1.807, 2.05) is 72.8 Å². The summed E-state index contributed by atoms with van der Waals surface area (Å²) in [6.07, 6.45) is 3.91. The molecular formula is C29H32O5. The molecule has 0 aliphatic heterocycles. The van der Waals surface area contributed by atoms with Crippen LogP contribution in [-0.4, -0.2) is 18.7 Å². The van der Waals surface area contributed by atoms with E-state index in [2.05, 4.69) is 12.1 Å². The van der Waals surface area contributed by atoms with Gasteiger partial charge in [-0.1, -0.05) is 72.8 Å². The molecule has 0 saturated carbocycles. The third-order valence-electron chi connectivity index (χ3n) is 5.61. The molecule has 0 saturated heterocycles. The minimum absolute atomic E-state index is 0.256. The van der Waals surface area contributed by atoms with E-state index in [9.17, 15) is 9.59 Å². The first-order chi connectivity index (χ1) is 16.6. The van der Waals surface area contributed by atoms with E-state index >= 15 is 0 Å². The molecule has 1 atom stereocenters. The van der Waals surface area contributed by atoms with Gasteiger partial charge in [-0.3, -0.25) is 9.59 Å². The minimum Gasteiger partial charge on any atom is -0.489 e. The molecule has 0 aromatic heterocycles. The topological polar surface area (TPSA) is 61.8 Å². The molecule has 3 aromatic carbocycles. The zero-order chi connectivity index (χ0) is 24.0. The first-order valence-corrected chi connectivity index (χ1v) is 11.7. The number of ether oxygens (including phenoxy) is 3. The molecule has 0 radical (unpaired) electrons. The van der Waals surface area contributed by atoms with Gasteiger partial charge in [0.25, 0.3) is 0 Å². The molecule has 0 fully saturated rings.